The maximum atomic E-state index is 12.5. The van der Waals surface area contributed by atoms with Crippen LogP contribution in [0.3, 0.4) is 0 Å². The number of carbonyl (C=O) groups is 1. The zero-order valence-electron chi connectivity index (χ0n) is 11.2. The van der Waals surface area contributed by atoms with Crippen molar-refractivity contribution in [1.82, 2.24) is 4.90 Å². The van der Waals surface area contributed by atoms with Crippen molar-refractivity contribution in [3.63, 3.8) is 0 Å². The highest BCUT2D eigenvalue weighted by molar-refractivity contribution is 9.09. The number of carbonyl (C=O) groups excluding carboxylic acids is 1. The molecule has 1 aromatic carbocycles. The van der Waals surface area contributed by atoms with Gasteiger partial charge in [0.2, 0.25) is 0 Å². The van der Waals surface area contributed by atoms with E-state index < -0.39 is 0 Å². The van der Waals surface area contributed by atoms with Gasteiger partial charge in [0.15, 0.2) is 0 Å². The van der Waals surface area contributed by atoms with Gasteiger partial charge in [-0.1, -0.05) is 41.4 Å². The zero-order chi connectivity index (χ0) is 14.4. The lowest BCUT2D eigenvalue weighted by atomic mass is 10.1. The van der Waals surface area contributed by atoms with E-state index in [0.29, 0.717) is 12.1 Å². The normalized spacial score (nSPS) is 10.8. The van der Waals surface area contributed by atoms with Crippen LogP contribution in [-0.4, -0.2) is 33.8 Å². The molecule has 1 aromatic rings. The first-order valence-electron chi connectivity index (χ1n) is 6.40. The SMILES string of the molecule is CCC(CC)N(CCBr)C(=O)c1ccc(O)c(Cl)c1. The molecule has 5 heteroatoms. The van der Waals surface area contributed by atoms with E-state index in [1.807, 2.05) is 4.90 Å². The maximum Gasteiger partial charge on any atom is 0.254 e. The van der Waals surface area contributed by atoms with Gasteiger partial charge < -0.3 is 10.0 Å². The van der Waals surface area contributed by atoms with E-state index in [-0.39, 0.29) is 22.7 Å². The lowest BCUT2D eigenvalue weighted by Crippen LogP contribution is -2.41. The molecule has 0 aromatic heterocycles. The lowest BCUT2D eigenvalue weighted by Gasteiger charge is -2.30. The van der Waals surface area contributed by atoms with Gasteiger partial charge in [-0.05, 0) is 31.0 Å². The van der Waals surface area contributed by atoms with Crippen LogP contribution in [-0.2, 0) is 0 Å². The van der Waals surface area contributed by atoms with E-state index in [1.165, 1.54) is 12.1 Å². The highest BCUT2D eigenvalue weighted by atomic mass is 79.9. The molecule has 0 aliphatic carbocycles. The first-order valence-corrected chi connectivity index (χ1v) is 7.90. The van der Waals surface area contributed by atoms with Gasteiger partial charge in [0.05, 0.1) is 5.02 Å². The second kappa shape index (κ2) is 7.75. The first kappa shape index (κ1) is 16.3. The third-order valence-corrected chi connectivity index (χ3v) is 3.82. The fraction of sp³-hybridized carbons (Fsp3) is 0.500. The predicted molar refractivity (Wildman–Crippen MR) is 82.3 cm³/mol. The summed E-state index contributed by atoms with van der Waals surface area (Å²) in [7, 11) is 0. The summed E-state index contributed by atoms with van der Waals surface area (Å²) < 4.78 is 0. The summed E-state index contributed by atoms with van der Waals surface area (Å²) in [5.74, 6) is -0.0529. The summed E-state index contributed by atoms with van der Waals surface area (Å²) in [6.07, 6.45) is 1.84. The Labute approximate surface area is 127 Å². The number of hydrogen-bond acceptors (Lipinski definition) is 2. The summed E-state index contributed by atoms with van der Waals surface area (Å²) in [5, 5.41) is 10.3. The number of phenolic OH excluding ortho intramolecular Hbond substituents is 1. The van der Waals surface area contributed by atoms with Crippen LogP contribution in [0, 0.1) is 0 Å². The number of rotatable bonds is 6. The maximum absolute atomic E-state index is 12.5. The number of nitrogens with zero attached hydrogens (tertiary/aromatic N) is 1. The monoisotopic (exact) mass is 347 g/mol. The number of aromatic hydroxyl groups is 1. The van der Waals surface area contributed by atoms with Crippen molar-refractivity contribution in [3.05, 3.63) is 28.8 Å². The van der Waals surface area contributed by atoms with Crippen LogP contribution in [0.2, 0.25) is 5.02 Å². The number of halogens is 2. The number of benzene rings is 1. The van der Waals surface area contributed by atoms with Crippen molar-refractivity contribution in [2.45, 2.75) is 32.7 Å². The molecule has 0 saturated heterocycles. The summed E-state index contributed by atoms with van der Waals surface area (Å²) in [4.78, 5) is 14.4. The molecule has 0 aliphatic rings. The molecular formula is C14H19BrClNO2. The fourth-order valence-electron chi connectivity index (χ4n) is 2.08. The second-order valence-corrected chi connectivity index (χ2v) is 5.52. The highest BCUT2D eigenvalue weighted by Crippen LogP contribution is 2.25. The van der Waals surface area contributed by atoms with E-state index in [9.17, 15) is 9.90 Å². The van der Waals surface area contributed by atoms with Gasteiger partial charge in [0, 0.05) is 23.5 Å². The Hall–Kier alpha value is -0.740. The van der Waals surface area contributed by atoms with Crippen LogP contribution in [0.4, 0.5) is 0 Å². The van der Waals surface area contributed by atoms with Gasteiger partial charge in [-0.3, -0.25) is 4.79 Å². The Balaban J connectivity index is 3.01. The average Bonchev–Trinajstić information content (AvgIpc) is 2.41. The average molecular weight is 349 g/mol. The largest absolute Gasteiger partial charge is 0.506 e. The molecule has 0 radical (unpaired) electrons. The third-order valence-electron chi connectivity index (χ3n) is 3.16. The Morgan fingerprint density at radius 1 is 1.42 bits per heavy atom. The second-order valence-electron chi connectivity index (χ2n) is 4.32. The number of hydrogen-bond donors (Lipinski definition) is 1. The molecule has 3 nitrogen and oxygen atoms in total. The van der Waals surface area contributed by atoms with Crippen LogP contribution in [0.1, 0.15) is 37.0 Å². The van der Waals surface area contributed by atoms with Crippen LogP contribution >= 0.6 is 27.5 Å². The summed E-state index contributed by atoms with van der Waals surface area (Å²) in [6, 6.07) is 4.79. The molecule has 0 unspecified atom stereocenters. The van der Waals surface area contributed by atoms with Crippen molar-refractivity contribution in [2.75, 3.05) is 11.9 Å². The van der Waals surface area contributed by atoms with Crippen molar-refractivity contribution in [3.8, 4) is 5.75 Å². The quantitative estimate of drug-likeness (QED) is 0.787. The minimum Gasteiger partial charge on any atom is -0.506 e. The topological polar surface area (TPSA) is 40.5 Å². The summed E-state index contributed by atoms with van der Waals surface area (Å²) in [5.41, 5.74) is 0.510. The molecule has 0 bridgehead atoms. The van der Waals surface area contributed by atoms with Gasteiger partial charge in [-0.2, -0.15) is 0 Å². The molecule has 1 N–H and O–H groups in total. The molecule has 106 valence electrons. The van der Waals surface area contributed by atoms with Gasteiger partial charge in [-0.15, -0.1) is 0 Å². The van der Waals surface area contributed by atoms with Gasteiger partial charge in [-0.25, -0.2) is 0 Å². The molecular weight excluding hydrogens is 330 g/mol. The number of phenols is 1. The van der Waals surface area contributed by atoms with E-state index in [4.69, 9.17) is 11.6 Å². The van der Waals surface area contributed by atoms with Crippen molar-refractivity contribution in [1.29, 1.82) is 0 Å². The van der Waals surface area contributed by atoms with E-state index in [0.717, 1.165) is 18.2 Å². The molecule has 0 aliphatic heterocycles. The Morgan fingerprint density at radius 3 is 2.53 bits per heavy atom. The number of alkyl halides is 1. The Kier molecular flexibility index (Phi) is 6.66. The van der Waals surface area contributed by atoms with E-state index in [1.54, 1.807) is 6.07 Å². The molecule has 1 rings (SSSR count). The van der Waals surface area contributed by atoms with Crippen LogP contribution in [0.25, 0.3) is 0 Å². The number of amides is 1. The lowest BCUT2D eigenvalue weighted by molar-refractivity contribution is 0.0683. The first-order chi connectivity index (χ1) is 9.04. The van der Waals surface area contributed by atoms with Crippen molar-refractivity contribution >= 4 is 33.4 Å². The van der Waals surface area contributed by atoms with Gasteiger partial charge in [0.1, 0.15) is 5.75 Å². The van der Waals surface area contributed by atoms with Crippen molar-refractivity contribution in [2.24, 2.45) is 0 Å². The van der Waals surface area contributed by atoms with Crippen molar-refractivity contribution < 1.29 is 9.90 Å². The standard InChI is InChI=1S/C14H19BrClNO2/c1-3-11(4-2)17(8-7-15)14(19)10-5-6-13(18)12(16)9-10/h5-6,9,11,18H,3-4,7-8H2,1-2H3. The molecule has 0 spiro atoms. The van der Waals surface area contributed by atoms with Gasteiger partial charge in [0.25, 0.3) is 5.91 Å². The molecule has 19 heavy (non-hydrogen) atoms. The molecule has 0 atom stereocenters. The minimum absolute atomic E-state index is 0.00667. The Morgan fingerprint density at radius 2 is 2.05 bits per heavy atom. The molecule has 0 fully saturated rings. The third kappa shape index (κ3) is 4.11. The highest BCUT2D eigenvalue weighted by Gasteiger charge is 2.22. The Bertz CT molecular complexity index is 435. The van der Waals surface area contributed by atoms with Crippen LogP contribution < -0.4 is 0 Å². The smallest absolute Gasteiger partial charge is 0.254 e. The van der Waals surface area contributed by atoms with Crippen LogP contribution in [0.15, 0.2) is 18.2 Å². The van der Waals surface area contributed by atoms with Crippen LogP contribution in [0.5, 0.6) is 5.75 Å². The minimum atomic E-state index is -0.0462. The van der Waals surface area contributed by atoms with Gasteiger partial charge >= 0.3 is 0 Å². The fourth-order valence-corrected chi connectivity index (χ4v) is 2.64. The van der Waals surface area contributed by atoms with E-state index >= 15 is 0 Å². The predicted octanol–water partition coefficient (Wildman–Crippen LogP) is 4.07. The zero-order valence-corrected chi connectivity index (χ0v) is 13.5. The summed E-state index contributed by atoms with van der Waals surface area (Å²) in [6.45, 7) is 4.81. The molecule has 0 saturated carbocycles. The molecule has 0 heterocycles. The van der Waals surface area contributed by atoms with E-state index in [2.05, 4.69) is 29.8 Å². The molecule has 1 amide bonds. The summed E-state index contributed by atoms with van der Waals surface area (Å²) >= 11 is 9.24.